The Labute approximate surface area is 220 Å². The van der Waals surface area contributed by atoms with Gasteiger partial charge in [-0.1, -0.05) is 6.07 Å². The molecular formula is C24H33F6N3O6. The molecule has 15 heteroatoms. The number of aromatic nitrogens is 1. The lowest BCUT2D eigenvalue weighted by atomic mass is 9.90. The quantitative estimate of drug-likeness (QED) is 0.471. The second-order valence-corrected chi connectivity index (χ2v) is 9.77. The minimum atomic E-state index is -5.08. The molecule has 0 saturated carbocycles. The Balaban J connectivity index is 0.000000317. The minimum absolute atomic E-state index is 0.188. The third-order valence-corrected chi connectivity index (χ3v) is 6.75. The van der Waals surface area contributed by atoms with Crippen molar-refractivity contribution < 1.29 is 50.9 Å². The van der Waals surface area contributed by atoms with E-state index in [2.05, 4.69) is 27.9 Å². The number of halogens is 6. The lowest BCUT2D eigenvalue weighted by Crippen LogP contribution is -2.43. The van der Waals surface area contributed by atoms with E-state index in [1.165, 1.54) is 24.1 Å². The number of pyridine rings is 1. The van der Waals surface area contributed by atoms with Gasteiger partial charge in [-0.25, -0.2) is 9.59 Å². The minimum Gasteiger partial charge on any atom is -0.475 e. The van der Waals surface area contributed by atoms with Gasteiger partial charge >= 0.3 is 24.3 Å². The highest BCUT2D eigenvalue weighted by Crippen LogP contribution is 2.24. The number of likely N-dealkylation sites (tertiary alicyclic amines) is 1. The van der Waals surface area contributed by atoms with Crippen LogP contribution in [0.5, 0.6) is 0 Å². The summed E-state index contributed by atoms with van der Waals surface area (Å²) in [7, 11) is 2.19. The van der Waals surface area contributed by atoms with E-state index < -0.39 is 24.3 Å². The van der Waals surface area contributed by atoms with Crippen molar-refractivity contribution in [1.82, 2.24) is 14.8 Å². The summed E-state index contributed by atoms with van der Waals surface area (Å²) in [5.41, 5.74) is 2.86. The number of hydrogen-bond donors (Lipinski definition) is 3. The maximum Gasteiger partial charge on any atom is 0.490 e. The Hall–Kier alpha value is -2.65. The highest BCUT2D eigenvalue weighted by atomic mass is 19.4. The molecule has 222 valence electrons. The maximum absolute atomic E-state index is 12.5. The van der Waals surface area contributed by atoms with Gasteiger partial charge in [0.1, 0.15) is 0 Å². The second kappa shape index (κ2) is 14.1. The Morgan fingerprint density at radius 1 is 0.974 bits per heavy atom. The van der Waals surface area contributed by atoms with E-state index in [0.717, 1.165) is 58.5 Å². The van der Waals surface area contributed by atoms with Crippen LogP contribution in [0.15, 0.2) is 16.9 Å². The fraction of sp³-hybridized carbons (Fsp3) is 0.708. The van der Waals surface area contributed by atoms with Gasteiger partial charge in [-0.2, -0.15) is 26.3 Å². The van der Waals surface area contributed by atoms with Crippen molar-refractivity contribution in [3.05, 3.63) is 33.7 Å². The van der Waals surface area contributed by atoms with Crippen molar-refractivity contribution in [2.45, 2.75) is 69.5 Å². The molecule has 0 radical (unpaired) electrons. The van der Waals surface area contributed by atoms with Gasteiger partial charge in [-0.3, -0.25) is 4.79 Å². The molecule has 9 nitrogen and oxygen atoms in total. The number of carboxylic acid groups (broad SMARTS) is 2. The zero-order valence-corrected chi connectivity index (χ0v) is 21.4. The van der Waals surface area contributed by atoms with Crippen LogP contribution in [0.3, 0.4) is 0 Å². The summed E-state index contributed by atoms with van der Waals surface area (Å²) >= 11 is 0. The van der Waals surface area contributed by atoms with Crippen molar-refractivity contribution in [1.29, 1.82) is 0 Å². The van der Waals surface area contributed by atoms with Gasteiger partial charge in [0.25, 0.3) is 5.56 Å². The van der Waals surface area contributed by atoms with Gasteiger partial charge in [-0.05, 0) is 70.1 Å². The fourth-order valence-electron chi connectivity index (χ4n) is 4.67. The van der Waals surface area contributed by atoms with Crippen LogP contribution < -0.4 is 10.9 Å². The molecule has 2 unspecified atom stereocenters. The number of hydrogen-bond acceptors (Lipinski definition) is 6. The maximum atomic E-state index is 12.5. The molecular weight excluding hydrogens is 540 g/mol. The van der Waals surface area contributed by atoms with Gasteiger partial charge in [0.15, 0.2) is 0 Å². The van der Waals surface area contributed by atoms with Crippen LogP contribution in [0.4, 0.5) is 26.3 Å². The first-order valence-electron chi connectivity index (χ1n) is 12.4. The number of carbonyl (C=O) groups is 2. The molecule has 0 bridgehead atoms. The molecule has 4 rings (SSSR count). The second-order valence-electron chi connectivity index (χ2n) is 9.77. The van der Waals surface area contributed by atoms with E-state index in [1.54, 1.807) is 6.07 Å². The van der Waals surface area contributed by atoms with Crippen LogP contribution in [-0.2, 0) is 33.7 Å². The normalized spacial score (nSPS) is 22.1. The van der Waals surface area contributed by atoms with E-state index in [0.29, 0.717) is 18.0 Å². The van der Waals surface area contributed by atoms with Crippen LogP contribution in [-0.4, -0.2) is 89.4 Å². The number of fused-ring (bicyclic) bond motifs is 1. The number of piperidine rings is 1. The zero-order chi connectivity index (χ0) is 29.4. The molecule has 1 aromatic heterocycles. The number of nitrogens with one attached hydrogen (secondary N) is 1. The van der Waals surface area contributed by atoms with Gasteiger partial charge in [-0.15, -0.1) is 0 Å². The summed E-state index contributed by atoms with van der Waals surface area (Å²) in [6.45, 7) is 4.95. The van der Waals surface area contributed by atoms with Gasteiger partial charge < -0.3 is 29.7 Å². The van der Waals surface area contributed by atoms with Gasteiger partial charge in [0, 0.05) is 37.0 Å². The van der Waals surface area contributed by atoms with Crippen molar-refractivity contribution >= 4 is 11.9 Å². The summed E-state index contributed by atoms with van der Waals surface area (Å²) in [4.78, 5) is 32.7. The predicted molar refractivity (Wildman–Crippen MR) is 126 cm³/mol. The highest BCUT2D eigenvalue weighted by molar-refractivity contribution is 5.73. The summed E-state index contributed by atoms with van der Waals surface area (Å²) in [6, 6.07) is 4.89. The molecule has 1 aromatic rings. The Morgan fingerprint density at radius 3 is 2.03 bits per heavy atom. The standard InChI is InChI=1S/C20H31N3O2.2C2HF3O2/c1-22-9-6-15(7-10-22)13-23-19-4-3-17(21-18-8-11-25-14-18)12-16(19)2-5-20(23)24;2*3-2(4,5)1(6)7/h2,5,15,17-18,21H,3-4,6-14H2,1H3;2*(H,6,7). The van der Waals surface area contributed by atoms with Crippen molar-refractivity contribution in [3.8, 4) is 0 Å². The van der Waals surface area contributed by atoms with Gasteiger partial charge in [0.05, 0.1) is 6.61 Å². The lowest BCUT2D eigenvalue weighted by molar-refractivity contribution is -0.193. The molecule has 0 amide bonds. The van der Waals surface area contributed by atoms with Gasteiger partial charge in [0.2, 0.25) is 0 Å². The molecule has 2 fully saturated rings. The Kier molecular flexibility index (Phi) is 11.8. The number of ether oxygens (including phenoxy) is 1. The first-order valence-corrected chi connectivity index (χ1v) is 12.4. The van der Waals surface area contributed by atoms with Crippen LogP contribution in [0, 0.1) is 5.92 Å². The van der Waals surface area contributed by atoms with E-state index in [-0.39, 0.29) is 5.56 Å². The summed E-state index contributed by atoms with van der Waals surface area (Å²) < 4.78 is 71.1. The third kappa shape index (κ3) is 10.8. The Bertz CT molecular complexity index is 991. The smallest absolute Gasteiger partial charge is 0.475 e. The molecule has 39 heavy (non-hydrogen) atoms. The molecule has 0 aromatic carbocycles. The average molecular weight is 574 g/mol. The zero-order valence-electron chi connectivity index (χ0n) is 21.4. The van der Waals surface area contributed by atoms with E-state index in [4.69, 9.17) is 24.5 Å². The van der Waals surface area contributed by atoms with Crippen LogP contribution in [0.25, 0.3) is 0 Å². The van der Waals surface area contributed by atoms with E-state index in [1.807, 2.05) is 0 Å². The molecule has 3 aliphatic rings. The highest BCUT2D eigenvalue weighted by Gasteiger charge is 2.39. The van der Waals surface area contributed by atoms with E-state index in [9.17, 15) is 31.1 Å². The van der Waals surface area contributed by atoms with Crippen molar-refractivity contribution in [2.75, 3.05) is 33.4 Å². The molecule has 0 spiro atoms. The number of rotatable bonds is 4. The monoisotopic (exact) mass is 573 g/mol. The molecule has 3 heterocycles. The number of carboxylic acids is 2. The first kappa shape index (κ1) is 32.6. The summed E-state index contributed by atoms with van der Waals surface area (Å²) in [5.74, 6) is -4.87. The first-order chi connectivity index (χ1) is 18.1. The van der Waals surface area contributed by atoms with E-state index >= 15 is 0 Å². The Morgan fingerprint density at radius 2 is 1.54 bits per heavy atom. The number of alkyl halides is 6. The summed E-state index contributed by atoms with van der Waals surface area (Å²) in [5, 5.41) is 18.0. The molecule has 3 N–H and O–H groups in total. The lowest BCUT2D eigenvalue weighted by Gasteiger charge is -2.32. The number of nitrogens with zero attached hydrogens (tertiary/aromatic N) is 2. The molecule has 2 saturated heterocycles. The SMILES string of the molecule is CN1CCC(Cn2c3c(ccc2=O)CC(NC2CCOC2)CC3)CC1.O=C(O)C(F)(F)F.O=C(O)C(F)(F)F. The van der Waals surface area contributed by atoms with Crippen LogP contribution >= 0.6 is 0 Å². The molecule has 1 aliphatic carbocycles. The average Bonchev–Trinajstić information content (AvgIpc) is 3.35. The van der Waals surface area contributed by atoms with Crippen LogP contribution in [0.1, 0.15) is 36.9 Å². The largest absolute Gasteiger partial charge is 0.490 e. The van der Waals surface area contributed by atoms with Crippen LogP contribution in [0.2, 0.25) is 0 Å². The van der Waals surface area contributed by atoms with Crippen molar-refractivity contribution in [2.24, 2.45) is 5.92 Å². The third-order valence-electron chi connectivity index (χ3n) is 6.75. The predicted octanol–water partition coefficient (Wildman–Crippen LogP) is 2.69. The topological polar surface area (TPSA) is 121 Å². The fourth-order valence-corrected chi connectivity index (χ4v) is 4.67. The number of aliphatic carboxylic acids is 2. The van der Waals surface area contributed by atoms with Crippen molar-refractivity contribution in [3.63, 3.8) is 0 Å². The molecule has 2 aliphatic heterocycles. The molecule has 2 atom stereocenters. The summed E-state index contributed by atoms with van der Waals surface area (Å²) in [6.07, 6.45) is -3.45.